The molecule has 94 valence electrons. The Morgan fingerprint density at radius 2 is 2.00 bits per heavy atom. The van der Waals surface area contributed by atoms with Crippen LogP contribution in [-0.4, -0.2) is 46.7 Å². The molecule has 0 atom stereocenters. The normalized spacial score (nSPS) is 11.2. The standard InChI is InChI=1S/C8H18N2O5Si/c1-14-16(3,15-2)6-4-5-9-8(11)7-10(12)13/h4-7H2,1-3H3,(H,9,11). The van der Waals surface area contributed by atoms with Crippen LogP contribution in [0, 0.1) is 10.1 Å². The Balaban J connectivity index is 3.67. The maximum Gasteiger partial charge on any atom is 0.334 e. The summed E-state index contributed by atoms with van der Waals surface area (Å²) >= 11 is 0. The maximum absolute atomic E-state index is 10.9. The first-order chi connectivity index (χ1) is 7.43. The lowest BCUT2D eigenvalue weighted by Gasteiger charge is -2.22. The molecule has 16 heavy (non-hydrogen) atoms. The van der Waals surface area contributed by atoms with Gasteiger partial charge in [-0.3, -0.25) is 14.9 Å². The molecule has 0 saturated heterocycles. The molecule has 0 saturated carbocycles. The molecular weight excluding hydrogens is 232 g/mol. The number of nitrogens with zero attached hydrogens (tertiary/aromatic N) is 1. The van der Waals surface area contributed by atoms with Gasteiger partial charge in [0.1, 0.15) is 0 Å². The molecule has 0 unspecified atom stereocenters. The van der Waals surface area contributed by atoms with Crippen LogP contribution >= 0.6 is 0 Å². The molecule has 8 heteroatoms. The van der Waals surface area contributed by atoms with Crippen molar-refractivity contribution in [2.45, 2.75) is 19.0 Å². The summed E-state index contributed by atoms with van der Waals surface area (Å²) in [6.45, 7) is 1.65. The highest BCUT2D eigenvalue weighted by Crippen LogP contribution is 2.12. The van der Waals surface area contributed by atoms with Gasteiger partial charge in [-0.1, -0.05) is 0 Å². The van der Waals surface area contributed by atoms with Gasteiger partial charge in [-0.05, 0) is 19.0 Å². The second kappa shape index (κ2) is 7.31. The third-order valence-electron chi connectivity index (χ3n) is 2.27. The van der Waals surface area contributed by atoms with Crippen molar-refractivity contribution in [3.63, 3.8) is 0 Å². The van der Waals surface area contributed by atoms with Crippen molar-refractivity contribution >= 4 is 14.5 Å². The quantitative estimate of drug-likeness (QED) is 0.286. The van der Waals surface area contributed by atoms with Gasteiger partial charge in [0.25, 0.3) is 12.5 Å². The van der Waals surface area contributed by atoms with Crippen molar-refractivity contribution in [1.82, 2.24) is 5.32 Å². The molecule has 7 nitrogen and oxygen atoms in total. The van der Waals surface area contributed by atoms with Crippen LogP contribution in [0.2, 0.25) is 12.6 Å². The van der Waals surface area contributed by atoms with Crippen LogP contribution in [0.15, 0.2) is 0 Å². The van der Waals surface area contributed by atoms with E-state index in [1.165, 1.54) is 0 Å². The van der Waals surface area contributed by atoms with Crippen molar-refractivity contribution in [3.8, 4) is 0 Å². The zero-order valence-electron chi connectivity index (χ0n) is 9.82. The lowest BCUT2D eigenvalue weighted by Crippen LogP contribution is -2.37. The number of carbonyl (C=O) groups excluding carboxylic acids is 1. The first-order valence-electron chi connectivity index (χ1n) is 4.92. The van der Waals surface area contributed by atoms with Crippen LogP contribution in [0.25, 0.3) is 0 Å². The van der Waals surface area contributed by atoms with E-state index in [0.717, 1.165) is 6.04 Å². The summed E-state index contributed by atoms with van der Waals surface area (Å²) in [5.41, 5.74) is 0. The molecule has 0 heterocycles. The van der Waals surface area contributed by atoms with E-state index in [1.807, 2.05) is 6.55 Å². The molecule has 0 aliphatic heterocycles. The van der Waals surface area contributed by atoms with E-state index in [4.69, 9.17) is 8.85 Å². The van der Waals surface area contributed by atoms with Gasteiger partial charge in [0.05, 0.1) is 0 Å². The molecule has 0 bridgehead atoms. The highest BCUT2D eigenvalue weighted by Gasteiger charge is 2.27. The van der Waals surface area contributed by atoms with E-state index in [0.29, 0.717) is 13.0 Å². The molecule has 0 aromatic rings. The van der Waals surface area contributed by atoms with Crippen molar-refractivity contribution in [1.29, 1.82) is 0 Å². The fraction of sp³-hybridized carbons (Fsp3) is 0.875. The van der Waals surface area contributed by atoms with E-state index in [1.54, 1.807) is 14.2 Å². The third kappa shape index (κ3) is 6.48. The zero-order chi connectivity index (χ0) is 12.6. The number of nitro groups is 1. The molecule has 0 radical (unpaired) electrons. The minimum Gasteiger partial charge on any atom is -0.398 e. The summed E-state index contributed by atoms with van der Waals surface area (Å²) in [6, 6.07) is 0.735. The van der Waals surface area contributed by atoms with Crippen molar-refractivity contribution in [2.75, 3.05) is 27.3 Å². The van der Waals surface area contributed by atoms with Crippen LogP contribution in [0.1, 0.15) is 6.42 Å². The predicted octanol–water partition coefficient (Wildman–Crippen LogP) is 0.134. The third-order valence-corrected chi connectivity index (χ3v) is 5.26. The van der Waals surface area contributed by atoms with Gasteiger partial charge >= 0.3 is 8.56 Å². The number of hydrogen-bond acceptors (Lipinski definition) is 5. The summed E-state index contributed by atoms with van der Waals surface area (Å²) in [6.07, 6.45) is 0.688. The summed E-state index contributed by atoms with van der Waals surface area (Å²) in [5, 5.41) is 12.5. The molecule has 0 aliphatic rings. The number of nitrogens with one attached hydrogen (secondary N) is 1. The molecular formula is C8H18N2O5Si. The van der Waals surface area contributed by atoms with E-state index in [2.05, 4.69) is 5.32 Å². The molecule has 0 aromatic carbocycles. The molecule has 1 N–H and O–H groups in total. The molecule has 0 fully saturated rings. The molecule has 0 spiro atoms. The van der Waals surface area contributed by atoms with Gasteiger partial charge in [-0.15, -0.1) is 0 Å². The van der Waals surface area contributed by atoms with E-state index in [-0.39, 0.29) is 0 Å². The minimum atomic E-state index is -2.09. The SMILES string of the molecule is CO[Si](C)(CCCNC(=O)C[N+](=O)[O-])OC. The second-order valence-electron chi connectivity index (χ2n) is 3.49. The van der Waals surface area contributed by atoms with E-state index >= 15 is 0 Å². The average Bonchev–Trinajstić information content (AvgIpc) is 2.23. The van der Waals surface area contributed by atoms with Crippen molar-refractivity contribution < 1.29 is 18.6 Å². The van der Waals surface area contributed by atoms with Crippen LogP contribution in [-0.2, 0) is 13.6 Å². The maximum atomic E-state index is 10.9. The number of hydrogen-bond donors (Lipinski definition) is 1. The van der Waals surface area contributed by atoms with Crippen molar-refractivity contribution in [3.05, 3.63) is 10.1 Å². The Morgan fingerprint density at radius 3 is 2.44 bits per heavy atom. The van der Waals surface area contributed by atoms with Gasteiger partial charge in [-0.25, -0.2) is 0 Å². The van der Waals surface area contributed by atoms with E-state index in [9.17, 15) is 14.9 Å². The van der Waals surface area contributed by atoms with Crippen LogP contribution in [0.3, 0.4) is 0 Å². The Labute approximate surface area is 95.5 Å². The summed E-state index contributed by atoms with van der Waals surface area (Å²) < 4.78 is 10.5. The van der Waals surface area contributed by atoms with Crippen molar-refractivity contribution in [2.24, 2.45) is 0 Å². The zero-order valence-corrected chi connectivity index (χ0v) is 10.8. The molecule has 0 aromatic heterocycles. The van der Waals surface area contributed by atoms with Crippen LogP contribution < -0.4 is 5.32 Å². The first-order valence-corrected chi connectivity index (χ1v) is 7.44. The van der Waals surface area contributed by atoms with Gasteiger partial charge in [0, 0.05) is 25.7 Å². The van der Waals surface area contributed by atoms with Gasteiger partial charge in [0.15, 0.2) is 0 Å². The number of amides is 1. The van der Waals surface area contributed by atoms with Gasteiger partial charge in [-0.2, -0.15) is 0 Å². The Kier molecular flexibility index (Phi) is 6.85. The summed E-state index contributed by atoms with van der Waals surface area (Å²) in [4.78, 5) is 20.3. The Morgan fingerprint density at radius 1 is 1.44 bits per heavy atom. The Bertz CT molecular complexity index is 245. The van der Waals surface area contributed by atoms with E-state index < -0.39 is 25.9 Å². The highest BCUT2D eigenvalue weighted by molar-refractivity contribution is 6.65. The number of carbonyl (C=O) groups is 1. The lowest BCUT2D eigenvalue weighted by atomic mass is 10.4. The average molecular weight is 250 g/mol. The summed E-state index contributed by atoms with van der Waals surface area (Å²) in [7, 11) is 1.11. The first kappa shape index (κ1) is 15.0. The van der Waals surface area contributed by atoms with Crippen LogP contribution in [0.4, 0.5) is 0 Å². The van der Waals surface area contributed by atoms with Gasteiger partial charge in [0.2, 0.25) is 0 Å². The topological polar surface area (TPSA) is 90.7 Å². The minimum absolute atomic E-state index is 0.405. The largest absolute Gasteiger partial charge is 0.398 e. The second-order valence-corrected chi connectivity index (χ2v) is 7.07. The lowest BCUT2D eigenvalue weighted by molar-refractivity contribution is -0.467. The molecule has 0 rings (SSSR count). The van der Waals surface area contributed by atoms with Crippen LogP contribution in [0.5, 0.6) is 0 Å². The van der Waals surface area contributed by atoms with Gasteiger partial charge < -0.3 is 14.2 Å². The number of rotatable bonds is 8. The predicted molar refractivity (Wildman–Crippen MR) is 59.9 cm³/mol. The smallest absolute Gasteiger partial charge is 0.334 e. The molecule has 0 aliphatic carbocycles. The highest BCUT2D eigenvalue weighted by atomic mass is 28.4. The monoisotopic (exact) mass is 250 g/mol. The fourth-order valence-corrected chi connectivity index (χ4v) is 2.49. The summed E-state index contributed by atoms with van der Waals surface area (Å²) in [5.74, 6) is -0.566. The Hall–Kier alpha value is -0.993. The molecule has 1 amide bonds. The fourth-order valence-electron chi connectivity index (χ4n) is 1.10.